The van der Waals surface area contributed by atoms with Crippen molar-refractivity contribution in [3.8, 4) is 11.5 Å². The average molecular weight is 243 g/mol. The number of hydrogen-bond donors (Lipinski definition) is 1. The Bertz CT molecular complexity index is 548. The van der Waals surface area contributed by atoms with Crippen LogP contribution in [0, 0.1) is 0 Å². The first-order valence-electron chi connectivity index (χ1n) is 6.52. The van der Waals surface area contributed by atoms with E-state index in [0.29, 0.717) is 5.89 Å². The van der Waals surface area contributed by atoms with Crippen molar-refractivity contribution in [3.63, 3.8) is 0 Å². The molecule has 0 bridgehead atoms. The highest BCUT2D eigenvalue weighted by Crippen LogP contribution is 2.23. The maximum Gasteiger partial charge on any atom is 0.257 e. The first-order chi connectivity index (χ1) is 8.86. The lowest BCUT2D eigenvalue weighted by molar-refractivity contribution is 0.421. The zero-order valence-electron chi connectivity index (χ0n) is 10.6. The van der Waals surface area contributed by atoms with Crippen molar-refractivity contribution in [1.29, 1.82) is 0 Å². The largest absolute Gasteiger partial charge is 0.334 e. The number of fused-ring (bicyclic) bond motifs is 1. The smallest absolute Gasteiger partial charge is 0.257 e. The van der Waals surface area contributed by atoms with E-state index in [0.717, 1.165) is 43.7 Å². The van der Waals surface area contributed by atoms with Gasteiger partial charge in [0, 0.05) is 25.1 Å². The summed E-state index contributed by atoms with van der Waals surface area (Å²) >= 11 is 0. The van der Waals surface area contributed by atoms with E-state index in [1.165, 1.54) is 11.1 Å². The molecule has 4 heteroatoms. The number of nitrogens with one attached hydrogen (secondary N) is 1. The molecule has 2 aromatic rings. The van der Waals surface area contributed by atoms with Gasteiger partial charge in [-0.1, -0.05) is 24.6 Å². The van der Waals surface area contributed by atoms with E-state index in [1.54, 1.807) is 0 Å². The highest BCUT2D eigenvalue weighted by Gasteiger charge is 2.14. The van der Waals surface area contributed by atoms with E-state index in [2.05, 4.69) is 40.6 Å². The van der Waals surface area contributed by atoms with Crippen molar-refractivity contribution in [2.45, 2.75) is 39.3 Å². The molecule has 0 fully saturated rings. The van der Waals surface area contributed by atoms with Gasteiger partial charge in [0.15, 0.2) is 5.82 Å². The van der Waals surface area contributed by atoms with Gasteiger partial charge in [-0.25, -0.2) is 0 Å². The second-order valence-corrected chi connectivity index (χ2v) is 4.71. The van der Waals surface area contributed by atoms with Crippen molar-refractivity contribution in [2.24, 2.45) is 0 Å². The zero-order valence-corrected chi connectivity index (χ0v) is 10.6. The number of hydrogen-bond acceptors (Lipinski definition) is 4. The Labute approximate surface area is 106 Å². The molecule has 3 rings (SSSR count). The summed E-state index contributed by atoms with van der Waals surface area (Å²) in [5.74, 6) is 1.45. The Kier molecular flexibility index (Phi) is 3.11. The van der Waals surface area contributed by atoms with Gasteiger partial charge in [0.2, 0.25) is 0 Å². The molecule has 1 aromatic carbocycles. The van der Waals surface area contributed by atoms with Crippen LogP contribution in [0.5, 0.6) is 0 Å². The number of aryl methyl sites for hydroxylation is 1. The van der Waals surface area contributed by atoms with Crippen LogP contribution in [0.2, 0.25) is 0 Å². The van der Waals surface area contributed by atoms with Crippen molar-refractivity contribution in [3.05, 3.63) is 35.2 Å². The number of aromatic nitrogens is 2. The lowest BCUT2D eigenvalue weighted by Gasteiger charge is -1.99. The van der Waals surface area contributed by atoms with Gasteiger partial charge in [0.05, 0.1) is 0 Å². The summed E-state index contributed by atoms with van der Waals surface area (Å²) in [5.41, 5.74) is 3.72. The molecule has 0 aliphatic carbocycles. The van der Waals surface area contributed by atoms with E-state index in [-0.39, 0.29) is 0 Å². The van der Waals surface area contributed by atoms with Crippen molar-refractivity contribution in [1.82, 2.24) is 15.5 Å². The molecule has 0 amide bonds. The van der Waals surface area contributed by atoms with E-state index >= 15 is 0 Å². The monoisotopic (exact) mass is 243 g/mol. The topological polar surface area (TPSA) is 51.0 Å². The van der Waals surface area contributed by atoms with Gasteiger partial charge in [0.25, 0.3) is 5.89 Å². The Hall–Kier alpha value is -1.68. The lowest BCUT2D eigenvalue weighted by Crippen LogP contribution is -1.99. The summed E-state index contributed by atoms with van der Waals surface area (Å²) in [7, 11) is 0. The van der Waals surface area contributed by atoms with Crippen LogP contribution in [-0.4, -0.2) is 10.1 Å². The lowest BCUT2D eigenvalue weighted by atomic mass is 10.1. The molecular formula is C14H17N3O. The zero-order chi connectivity index (χ0) is 12.4. The summed E-state index contributed by atoms with van der Waals surface area (Å²) in [5, 5.41) is 7.35. The van der Waals surface area contributed by atoms with Gasteiger partial charge in [-0.2, -0.15) is 4.98 Å². The summed E-state index contributed by atoms with van der Waals surface area (Å²) in [6.45, 7) is 4.05. The van der Waals surface area contributed by atoms with Gasteiger partial charge in [-0.05, 0) is 29.7 Å². The van der Waals surface area contributed by atoms with Crippen molar-refractivity contribution >= 4 is 0 Å². The van der Waals surface area contributed by atoms with Crippen LogP contribution in [0.25, 0.3) is 11.5 Å². The normalized spacial score (nSPS) is 13.8. The molecule has 0 spiro atoms. The highest BCUT2D eigenvalue weighted by molar-refractivity contribution is 5.56. The maximum absolute atomic E-state index is 5.33. The molecule has 1 N–H and O–H groups in total. The summed E-state index contributed by atoms with van der Waals surface area (Å²) in [6.07, 6.45) is 3.15. The van der Waals surface area contributed by atoms with E-state index in [9.17, 15) is 0 Å². The summed E-state index contributed by atoms with van der Waals surface area (Å²) in [4.78, 5) is 4.45. The molecule has 0 saturated heterocycles. The maximum atomic E-state index is 5.33. The molecule has 0 radical (unpaired) electrons. The number of nitrogens with zero attached hydrogens (tertiary/aromatic N) is 2. The van der Waals surface area contributed by atoms with Gasteiger partial charge < -0.3 is 9.84 Å². The minimum Gasteiger partial charge on any atom is -0.334 e. The van der Waals surface area contributed by atoms with Gasteiger partial charge >= 0.3 is 0 Å². The van der Waals surface area contributed by atoms with Crippen LogP contribution < -0.4 is 5.32 Å². The molecule has 2 heterocycles. The number of unbranched alkanes of at least 4 members (excludes halogenated alkanes) is 1. The molecule has 94 valence electrons. The predicted molar refractivity (Wildman–Crippen MR) is 68.9 cm³/mol. The Morgan fingerprint density at radius 1 is 1.28 bits per heavy atom. The standard InChI is InChI=1S/C14H17N3O/c1-2-3-4-13-16-14(18-17-13)10-5-6-11-8-15-9-12(11)7-10/h5-7,15H,2-4,8-9H2,1H3. The predicted octanol–water partition coefficient (Wildman–Crippen LogP) is 2.68. The number of benzene rings is 1. The SMILES string of the molecule is CCCCc1noc(-c2ccc3c(c2)CNC3)n1. The summed E-state index contributed by atoms with van der Waals surface area (Å²) < 4.78 is 5.33. The molecule has 1 aliphatic heterocycles. The van der Waals surface area contributed by atoms with Crippen molar-refractivity contribution in [2.75, 3.05) is 0 Å². The van der Waals surface area contributed by atoms with E-state index in [1.807, 2.05) is 0 Å². The van der Waals surface area contributed by atoms with Crippen LogP contribution in [0.3, 0.4) is 0 Å². The van der Waals surface area contributed by atoms with E-state index in [4.69, 9.17) is 4.52 Å². The van der Waals surface area contributed by atoms with Crippen LogP contribution in [-0.2, 0) is 19.5 Å². The first-order valence-corrected chi connectivity index (χ1v) is 6.52. The number of rotatable bonds is 4. The third-order valence-corrected chi connectivity index (χ3v) is 3.31. The Balaban J connectivity index is 1.83. The van der Waals surface area contributed by atoms with Crippen LogP contribution in [0.15, 0.2) is 22.7 Å². The van der Waals surface area contributed by atoms with Gasteiger partial charge in [0.1, 0.15) is 0 Å². The molecule has 0 unspecified atom stereocenters. The minimum atomic E-state index is 0.635. The van der Waals surface area contributed by atoms with Crippen LogP contribution >= 0.6 is 0 Å². The third-order valence-electron chi connectivity index (χ3n) is 3.31. The van der Waals surface area contributed by atoms with Crippen LogP contribution in [0.4, 0.5) is 0 Å². The van der Waals surface area contributed by atoms with Crippen molar-refractivity contribution < 1.29 is 4.52 Å². The molecule has 0 saturated carbocycles. The Morgan fingerprint density at radius 2 is 2.17 bits per heavy atom. The fourth-order valence-electron chi connectivity index (χ4n) is 2.24. The second-order valence-electron chi connectivity index (χ2n) is 4.71. The Morgan fingerprint density at radius 3 is 3.06 bits per heavy atom. The van der Waals surface area contributed by atoms with Crippen LogP contribution in [0.1, 0.15) is 36.7 Å². The highest BCUT2D eigenvalue weighted by atomic mass is 16.5. The minimum absolute atomic E-state index is 0.635. The first kappa shape index (κ1) is 11.4. The molecule has 1 aromatic heterocycles. The van der Waals surface area contributed by atoms with Gasteiger partial charge in [-0.3, -0.25) is 0 Å². The fraction of sp³-hybridized carbons (Fsp3) is 0.429. The molecule has 0 atom stereocenters. The average Bonchev–Trinajstić information content (AvgIpc) is 3.04. The molecule has 4 nitrogen and oxygen atoms in total. The van der Waals surface area contributed by atoms with Gasteiger partial charge in [-0.15, -0.1) is 0 Å². The quantitative estimate of drug-likeness (QED) is 0.897. The third kappa shape index (κ3) is 2.16. The molecular weight excluding hydrogens is 226 g/mol. The molecule has 1 aliphatic rings. The fourth-order valence-corrected chi connectivity index (χ4v) is 2.24. The summed E-state index contributed by atoms with van der Waals surface area (Å²) in [6, 6.07) is 6.34. The second kappa shape index (κ2) is 4.90. The van der Waals surface area contributed by atoms with E-state index < -0.39 is 0 Å². The molecule has 18 heavy (non-hydrogen) atoms.